The highest BCUT2D eigenvalue weighted by molar-refractivity contribution is 7.16. The van der Waals surface area contributed by atoms with Gasteiger partial charge in [0.25, 0.3) is 5.56 Å². The van der Waals surface area contributed by atoms with Gasteiger partial charge in [0, 0.05) is 35.5 Å². The highest BCUT2D eigenvalue weighted by atomic mass is 32.1. The molecule has 0 atom stereocenters. The second-order valence-electron chi connectivity index (χ2n) is 7.16. The van der Waals surface area contributed by atoms with E-state index in [1.807, 2.05) is 18.4 Å². The first-order chi connectivity index (χ1) is 15.0. The highest BCUT2D eigenvalue weighted by Crippen LogP contribution is 2.30. The van der Waals surface area contributed by atoms with Crippen molar-refractivity contribution in [2.45, 2.75) is 33.3 Å². The van der Waals surface area contributed by atoms with Crippen LogP contribution in [0, 0.1) is 13.8 Å². The molecule has 4 aromatic heterocycles. The molecule has 7 nitrogen and oxygen atoms in total. The van der Waals surface area contributed by atoms with Gasteiger partial charge in [0.2, 0.25) is 0 Å². The molecule has 4 aromatic rings. The summed E-state index contributed by atoms with van der Waals surface area (Å²) in [7, 11) is 0. The number of carbonyl (C=O) groups excluding carboxylic acids is 1. The number of fused-ring (bicyclic) bond motifs is 1. The number of rotatable bonds is 8. The Morgan fingerprint density at radius 1 is 1.19 bits per heavy atom. The number of pyridine rings is 1. The maximum Gasteiger partial charge on any atom is 0.306 e. The van der Waals surface area contributed by atoms with Crippen LogP contribution in [0.1, 0.15) is 29.0 Å². The van der Waals surface area contributed by atoms with Crippen LogP contribution in [0.5, 0.6) is 0 Å². The third-order valence-corrected chi connectivity index (χ3v) is 6.40. The Bertz CT molecular complexity index is 1280. The Balaban J connectivity index is 1.22. The maximum absolute atomic E-state index is 12.2. The molecule has 0 bridgehead atoms. The van der Waals surface area contributed by atoms with Crippen molar-refractivity contribution in [1.29, 1.82) is 0 Å². The molecule has 31 heavy (non-hydrogen) atoms. The second kappa shape index (κ2) is 9.40. The predicted molar refractivity (Wildman–Crippen MR) is 124 cm³/mol. The number of thiazole rings is 1. The number of anilines is 1. The number of nitrogens with zero attached hydrogens (tertiary/aromatic N) is 3. The number of carbonyl (C=O) groups is 1. The van der Waals surface area contributed by atoms with Gasteiger partial charge in [-0.05, 0) is 44.0 Å². The fraction of sp³-hybridized carbons (Fsp3) is 0.273. The zero-order valence-corrected chi connectivity index (χ0v) is 18.9. The van der Waals surface area contributed by atoms with Crippen molar-refractivity contribution in [2.75, 3.05) is 11.9 Å². The molecule has 0 radical (unpaired) electrons. The third kappa shape index (κ3) is 5.36. The Morgan fingerprint density at radius 3 is 2.87 bits per heavy atom. The smallest absolute Gasteiger partial charge is 0.306 e. The molecular weight excluding hydrogens is 432 g/mol. The van der Waals surface area contributed by atoms with Crippen LogP contribution in [0.25, 0.3) is 16.2 Å². The molecule has 0 fully saturated rings. The predicted octanol–water partition coefficient (Wildman–Crippen LogP) is 4.43. The monoisotopic (exact) mass is 454 g/mol. The van der Waals surface area contributed by atoms with Crippen LogP contribution < -0.4 is 10.9 Å². The van der Waals surface area contributed by atoms with Crippen LogP contribution in [0.4, 0.5) is 5.13 Å². The maximum atomic E-state index is 12.2. The summed E-state index contributed by atoms with van der Waals surface area (Å²) < 4.78 is 6.77. The molecular formula is C22H22N4O3S2. The van der Waals surface area contributed by atoms with Gasteiger partial charge in [-0.25, -0.2) is 9.97 Å². The molecule has 160 valence electrons. The number of hydrogen-bond donors (Lipinski definition) is 1. The van der Waals surface area contributed by atoms with E-state index in [0.717, 1.165) is 21.3 Å². The molecule has 0 amide bonds. The number of thiophene rings is 1. The number of aryl methyl sites for hydroxylation is 2. The van der Waals surface area contributed by atoms with Gasteiger partial charge in [-0.2, -0.15) is 0 Å². The fourth-order valence-corrected chi connectivity index (χ4v) is 4.67. The van der Waals surface area contributed by atoms with Crippen LogP contribution in [-0.4, -0.2) is 26.9 Å². The summed E-state index contributed by atoms with van der Waals surface area (Å²) in [5.74, 6) is -0.318. The number of esters is 1. The molecule has 0 spiro atoms. The van der Waals surface area contributed by atoms with E-state index >= 15 is 0 Å². The number of aromatic nitrogens is 3. The number of nitrogens with one attached hydrogen (secondary N) is 1. The van der Waals surface area contributed by atoms with Crippen LogP contribution in [0.3, 0.4) is 0 Å². The lowest BCUT2D eigenvalue weighted by atomic mass is 10.3. The molecule has 9 heteroatoms. The van der Waals surface area contributed by atoms with Crippen molar-refractivity contribution in [1.82, 2.24) is 14.4 Å². The molecule has 0 unspecified atom stereocenters. The third-order valence-electron chi connectivity index (χ3n) is 4.57. The second-order valence-corrected chi connectivity index (χ2v) is 9.31. The van der Waals surface area contributed by atoms with Crippen LogP contribution in [0.15, 0.2) is 46.7 Å². The summed E-state index contributed by atoms with van der Waals surface area (Å²) in [5, 5.41) is 6.12. The molecule has 1 N–H and O–H groups in total. The van der Waals surface area contributed by atoms with Gasteiger partial charge in [-0.3, -0.25) is 14.0 Å². The number of hydrogen-bond acceptors (Lipinski definition) is 8. The van der Waals surface area contributed by atoms with Gasteiger partial charge in [0.1, 0.15) is 12.3 Å². The Labute approximate surface area is 187 Å². The van der Waals surface area contributed by atoms with Crippen LogP contribution in [-0.2, 0) is 16.1 Å². The lowest BCUT2D eigenvalue weighted by molar-refractivity contribution is -0.145. The molecule has 0 aromatic carbocycles. The quantitative estimate of drug-likeness (QED) is 0.313. The van der Waals surface area contributed by atoms with E-state index in [4.69, 9.17) is 4.74 Å². The van der Waals surface area contributed by atoms with E-state index in [0.29, 0.717) is 24.3 Å². The molecule has 0 saturated carbocycles. The van der Waals surface area contributed by atoms with E-state index in [-0.39, 0.29) is 24.6 Å². The molecule has 0 aliphatic carbocycles. The van der Waals surface area contributed by atoms with E-state index in [2.05, 4.69) is 34.3 Å². The Morgan fingerprint density at radius 2 is 2.06 bits per heavy atom. The highest BCUT2D eigenvalue weighted by Gasteiger charge is 2.09. The Kier molecular flexibility index (Phi) is 6.43. The summed E-state index contributed by atoms with van der Waals surface area (Å²) in [6.07, 6.45) is 2.64. The van der Waals surface area contributed by atoms with Gasteiger partial charge in [-0.15, -0.1) is 22.7 Å². The molecule has 4 heterocycles. The number of ether oxygens (including phenoxy) is 1. The van der Waals surface area contributed by atoms with Crippen molar-refractivity contribution in [2.24, 2.45) is 0 Å². The van der Waals surface area contributed by atoms with E-state index in [1.54, 1.807) is 34.9 Å². The average molecular weight is 455 g/mol. The first kappa shape index (κ1) is 21.2. The standard InChI is InChI=1S/C22H22N4O3S2/c1-14-5-8-19-24-16(10-20(27)26(19)11-14)12-29-21(28)4-3-9-23-22-25-17(13-30-22)18-7-6-15(2)31-18/h5-8,10-11,13H,3-4,9,12H2,1-2H3,(H,23,25). The normalized spacial score (nSPS) is 11.0. The van der Waals surface area contributed by atoms with Crippen molar-refractivity contribution in [3.8, 4) is 10.6 Å². The molecule has 4 rings (SSSR count). The van der Waals surface area contributed by atoms with Gasteiger partial charge in [-0.1, -0.05) is 6.07 Å². The van der Waals surface area contributed by atoms with Crippen molar-refractivity contribution < 1.29 is 9.53 Å². The van der Waals surface area contributed by atoms with Gasteiger partial charge in [0.05, 0.1) is 16.3 Å². The SMILES string of the molecule is Cc1ccc2nc(COC(=O)CCCNc3nc(-c4ccc(C)s4)cs3)cc(=O)n2c1. The zero-order chi connectivity index (χ0) is 21.8. The average Bonchev–Trinajstić information content (AvgIpc) is 3.39. The fourth-order valence-electron chi connectivity index (χ4n) is 3.03. The van der Waals surface area contributed by atoms with E-state index in [9.17, 15) is 9.59 Å². The minimum absolute atomic E-state index is 0.0120. The first-order valence-electron chi connectivity index (χ1n) is 9.89. The molecule has 0 aliphatic rings. The summed E-state index contributed by atoms with van der Waals surface area (Å²) in [6.45, 7) is 4.60. The van der Waals surface area contributed by atoms with Gasteiger partial charge < -0.3 is 10.1 Å². The van der Waals surface area contributed by atoms with E-state index in [1.165, 1.54) is 15.3 Å². The molecule has 0 aliphatic heterocycles. The van der Waals surface area contributed by atoms with Crippen LogP contribution >= 0.6 is 22.7 Å². The zero-order valence-electron chi connectivity index (χ0n) is 17.3. The largest absolute Gasteiger partial charge is 0.459 e. The van der Waals surface area contributed by atoms with Crippen molar-refractivity contribution in [3.63, 3.8) is 0 Å². The minimum Gasteiger partial charge on any atom is -0.459 e. The summed E-state index contributed by atoms with van der Waals surface area (Å²) in [6, 6.07) is 9.23. The lowest BCUT2D eigenvalue weighted by Gasteiger charge is -2.07. The summed E-state index contributed by atoms with van der Waals surface area (Å²) in [5.41, 5.74) is 2.73. The van der Waals surface area contributed by atoms with Crippen molar-refractivity contribution in [3.05, 3.63) is 68.4 Å². The minimum atomic E-state index is -0.318. The lowest BCUT2D eigenvalue weighted by Crippen LogP contribution is -2.17. The molecule has 0 saturated heterocycles. The van der Waals surface area contributed by atoms with Gasteiger partial charge >= 0.3 is 5.97 Å². The summed E-state index contributed by atoms with van der Waals surface area (Å²) in [4.78, 5) is 35.6. The van der Waals surface area contributed by atoms with Crippen LogP contribution in [0.2, 0.25) is 0 Å². The first-order valence-corrected chi connectivity index (χ1v) is 11.6. The van der Waals surface area contributed by atoms with E-state index < -0.39 is 0 Å². The Hall–Kier alpha value is -3.04. The van der Waals surface area contributed by atoms with Crippen molar-refractivity contribution >= 4 is 39.4 Å². The van der Waals surface area contributed by atoms with Gasteiger partial charge in [0.15, 0.2) is 5.13 Å². The topological polar surface area (TPSA) is 85.6 Å². The summed E-state index contributed by atoms with van der Waals surface area (Å²) >= 11 is 3.27.